The number of nitrogens with one attached hydrogen (secondary N) is 2. The molecule has 2 rings (SSSR count). The molecular weight excluding hydrogens is 246 g/mol. The number of carbonyl (C=O) groups excluding carboxylic acids is 1. The normalized spacial score (nSPS) is 12.4. The van der Waals surface area contributed by atoms with Crippen molar-refractivity contribution in [3.63, 3.8) is 0 Å². The lowest BCUT2D eigenvalue weighted by Crippen LogP contribution is -2.25. The zero-order valence-corrected chi connectivity index (χ0v) is 10.1. The van der Waals surface area contributed by atoms with E-state index in [-0.39, 0.29) is 11.9 Å². The van der Waals surface area contributed by atoms with E-state index >= 15 is 0 Å². The van der Waals surface area contributed by atoms with E-state index in [4.69, 9.17) is 11.6 Å². The topological polar surface area (TPSA) is 57.8 Å². The summed E-state index contributed by atoms with van der Waals surface area (Å²) in [6.07, 6.45) is 3.44. The fourth-order valence-corrected chi connectivity index (χ4v) is 2.23. The second kappa shape index (κ2) is 4.67. The molecule has 0 fully saturated rings. The largest absolute Gasteiger partial charge is 0.345 e. The van der Waals surface area contributed by atoms with Gasteiger partial charge in [0.1, 0.15) is 0 Å². The van der Waals surface area contributed by atoms with Gasteiger partial charge in [0, 0.05) is 11.8 Å². The lowest BCUT2D eigenvalue weighted by atomic mass is 10.2. The molecule has 1 unspecified atom stereocenters. The molecule has 4 nitrogen and oxygen atoms in total. The van der Waals surface area contributed by atoms with Crippen molar-refractivity contribution in [3.05, 3.63) is 39.3 Å². The zero-order valence-electron chi connectivity index (χ0n) is 8.53. The molecule has 16 heavy (non-hydrogen) atoms. The summed E-state index contributed by atoms with van der Waals surface area (Å²) in [6, 6.07) is 3.35. The van der Waals surface area contributed by atoms with Crippen LogP contribution >= 0.6 is 22.9 Å². The summed E-state index contributed by atoms with van der Waals surface area (Å²) in [5.74, 6) is -0.120. The Labute approximate surface area is 102 Å². The van der Waals surface area contributed by atoms with Crippen LogP contribution in [0.5, 0.6) is 0 Å². The highest BCUT2D eigenvalue weighted by molar-refractivity contribution is 7.17. The molecule has 2 aromatic heterocycles. The van der Waals surface area contributed by atoms with Crippen LogP contribution in [0, 0.1) is 0 Å². The van der Waals surface area contributed by atoms with Crippen molar-refractivity contribution in [1.29, 1.82) is 0 Å². The molecule has 0 aliphatic heterocycles. The molecule has 0 aliphatic carbocycles. The third-order valence-corrected chi connectivity index (χ3v) is 3.39. The molecule has 0 aromatic carbocycles. The van der Waals surface area contributed by atoms with Gasteiger partial charge in [-0.15, -0.1) is 11.3 Å². The molecule has 0 radical (unpaired) electrons. The first-order valence-corrected chi connectivity index (χ1v) is 5.91. The molecule has 0 bridgehead atoms. The second-order valence-electron chi connectivity index (χ2n) is 3.33. The van der Waals surface area contributed by atoms with Gasteiger partial charge < -0.3 is 5.32 Å². The Kier molecular flexibility index (Phi) is 3.26. The number of hydrogen-bond acceptors (Lipinski definition) is 3. The third kappa shape index (κ3) is 2.43. The summed E-state index contributed by atoms with van der Waals surface area (Å²) in [5.41, 5.74) is 0.941. The molecule has 84 valence electrons. The molecule has 6 heteroatoms. The Hall–Kier alpha value is -1.33. The van der Waals surface area contributed by atoms with E-state index in [9.17, 15) is 4.79 Å². The van der Waals surface area contributed by atoms with Crippen molar-refractivity contribution in [2.45, 2.75) is 13.0 Å². The van der Waals surface area contributed by atoms with E-state index in [2.05, 4.69) is 15.5 Å². The Bertz CT molecular complexity index is 480. The summed E-state index contributed by atoms with van der Waals surface area (Å²) in [7, 11) is 0. The lowest BCUT2D eigenvalue weighted by Gasteiger charge is -2.10. The van der Waals surface area contributed by atoms with Gasteiger partial charge in [-0.25, -0.2) is 0 Å². The van der Waals surface area contributed by atoms with Gasteiger partial charge in [0.05, 0.1) is 21.5 Å². The zero-order chi connectivity index (χ0) is 11.5. The van der Waals surface area contributed by atoms with Crippen molar-refractivity contribution in [1.82, 2.24) is 15.5 Å². The van der Waals surface area contributed by atoms with Crippen LogP contribution in [0.4, 0.5) is 0 Å². The van der Waals surface area contributed by atoms with Crippen LogP contribution in [-0.4, -0.2) is 16.1 Å². The molecule has 1 amide bonds. The maximum absolute atomic E-state index is 11.8. The SMILES string of the molecule is CC(NC(=O)c1ccc(Cl)s1)c1cn[nH]c1. The second-order valence-corrected chi connectivity index (χ2v) is 5.05. The number of amides is 1. The molecule has 2 aromatic rings. The third-order valence-electron chi connectivity index (χ3n) is 2.16. The van der Waals surface area contributed by atoms with Gasteiger partial charge in [0.15, 0.2) is 0 Å². The van der Waals surface area contributed by atoms with Crippen LogP contribution in [-0.2, 0) is 0 Å². The average molecular weight is 256 g/mol. The van der Waals surface area contributed by atoms with Gasteiger partial charge in [-0.05, 0) is 19.1 Å². The first-order chi connectivity index (χ1) is 7.66. The number of halogens is 1. The maximum Gasteiger partial charge on any atom is 0.261 e. The van der Waals surface area contributed by atoms with E-state index in [1.807, 2.05) is 6.92 Å². The van der Waals surface area contributed by atoms with Crippen LogP contribution in [0.2, 0.25) is 4.34 Å². The molecule has 0 spiro atoms. The summed E-state index contributed by atoms with van der Waals surface area (Å²) >= 11 is 7.03. The number of carbonyl (C=O) groups is 1. The highest BCUT2D eigenvalue weighted by atomic mass is 35.5. The number of H-pyrrole nitrogens is 1. The Morgan fingerprint density at radius 3 is 3.00 bits per heavy atom. The van der Waals surface area contributed by atoms with E-state index in [1.165, 1.54) is 11.3 Å². The monoisotopic (exact) mass is 255 g/mol. The van der Waals surface area contributed by atoms with Crippen molar-refractivity contribution in [2.75, 3.05) is 0 Å². The Morgan fingerprint density at radius 2 is 2.44 bits per heavy atom. The number of nitrogens with zero attached hydrogens (tertiary/aromatic N) is 1. The number of rotatable bonds is 3. The molecule has 2 N–H and O–H groups in total. The van der Waals surface area contributed by atoms with E-state index < -0.39 is 0 Å². The van der Waals surface area contributed by atoms with Gasteiger partial charge in [-0.3, -0.25) is 9.89 Å². The number of thiophene rings is 1. The predicted octanol–water partition coefficient (Wildman–Crippen LogP) is 2.62. The van der Waals surface area contributed by atoms with E-state index in [1.54, 1.807) is 24.5 Å². The van der Waals surface area contributed by atoms with Crippen LogP contribution in [0.15, 0.2) is 24.5 Å². The van der Waals surface area contributed by atoms with Crippen molar-refractivity contribution < 1.29 is 4.79 Å². The number of hydrogen-bond donors (Lipinski definition) is 2. The molecule has 0 saturated carbocycles. The van der Waals surface area contributed by atoms with Crippen LogP contribution < -0.4 is 5.32 Å². The summed E-state index contributed by atoms with van der Waals surface area (Å²) in [6.45, 7) is 1.90. The molecular formula is C10H10ClN3OS. The van der Waals surface area contributed by atoms with E-state index in [0.29, 0.717) is 9.21 Å². The average Bonchev–Trinajstić information content (AvgIpc) is 2.87. The van der Waals surface area contributed by atoms with Gasteiger partial charge >= 0.3 is 0 Å². The predicted molar refractivity (Wildman–Crippen MR) is 63.8 cm³/mol. The van der Waals surface area contributed by atoms with Crippen molar-refractivity contribution >= 4 is 28.8 Å². The minimum Gasteiger partial charge on any atom is -0.345 e. The van der Waals surface area contributed by atoms with Gasteiger partial charge in [-0.1, -0.05) is 11.6 Å². The molecule has 1 atom stereocenters. The highest BCUT2D eigenvalue weighted by Crippen LogP contribution is 2.22. The van der Waals surface area contributed by atoms with E-state index in [0.717, 1.165) is 5.56 Å². The summed E-state index contributed by atoms with van der Waals surface area (Å²) in [4.78, 5) is 12.4. The minimum absolute atomic E-state index is 0.0767. The van der Waals surface area contributed by atoms with Crippen molar-refractivity contribution in [3.8, 4) is 0 Å². The fourth-order valence-electron chi connectivity index (χ4n) is 1.29. The standard InChI is InChI=1S/C10H10ClN3OS/c1-6(7-4-12-13-5-7)14-10(15)8-2-3-9(11)16-8/h2-6H,1H3,(H,12,13)(H,14,15). The quantitative estimate of drug-likeness (QED) is 0.886. The fraction of sp³-hybridized carbons (Fsp3) is 0.200. The van der Waals surface area contributed by atoms with Gasteiger partial charge in [-0.2, -0.15) is 5.10 Å². The van der Waals surface area contributed by atoms with Gasteiger partial charge in [0.25, 0.3) is 5.91 Å². The Morgan fingerprint density at radius 1 is 1.62 bits per heavy atom. The lowest BCUT2D eigenvalue weighted by molar-refractivity contribution is 0.0944. The van der Waals surface area contributed by atoms with Crippen LogP contribution in [0.1, 0.15) is 28.2 Å². The first-order valence-electron chi connectivity index (χ1n) is 4.71. The summed E-state index contributed by atoms with van der Waals surface area (Å²) in [5, 5.41) is 9.41. The first kappa shape index (κ1) is 11.2. The molecule has 2 heterocycles. The summed E-state index contributed by atoms with van der Waals surface area (Å²) < 4.78 is 0.612. The smallest absolute Gasteiger partial charge is 0.261 e. The Balaban J connectivity index is 2.03. The van der Waals surface area contributed by atoms with Crippen molar-refractivity contribution in [2.24, 2.45) is 0 Å². The molecule has 0 aliphatic rings. The number of aromatic amines is 1. The highest BCUT2D eigenvalue weighted by Gasteiger charge is 2.13. The van der Waals surface area contributed by atoms with Crippen LogP contribution in [0.25, 0.3) is 0 Å². The van der Waals surface area contributed by atoms with Gasteiger partial charge in [0.2, 0.25) is 0 Å². The maximum atomic E-state index is 11.8. The minimum atomic E-state index is -0.120. The molecule has 0 saturated heterocycles. The van der Waals surface area contributed by atoms with Crippen LogP contribution in [0.3, 0.4) is 0 Å². The number of aromatic nitrogens is 2.